The topological polar surface area (TPSA) is 116 Å². The Labute approximate surface area is 159 Å². The number of benzene rings is 1. The monoisotopic (exact) mass is 373 g/mol. The first-order valence-corrected chi connectivity index (χ1v) is 8.62. The minimum Gasteiger partial charge on any atom is -0.497 e. The number of carbonyl (C=O) groups excluding carboxylic acids is 1. The van der Waals surface area contributed by atoms with Crippen LogP contribution in [0.25, 0.3) is 11.4 Å². The molecule has 1 amide bonds. The summed E-state index contributed by atoms with van der Waals surface area (Å²) in [6, 6.07) is 7.51. The van der Waals surface area contributed by atoms with Gasteiger partial charge in [-0.15, -0.1) is 0 Å². The van der Waals surface area contributed by atoms with Gasteiger partial charge in [-0.3, -0.25) is 14.9 Å². The van der Waals surface area contributed by atoms with Crippen molar-refractivity contribution in [1.82, 2.24) is 31.1 Å². The van der Waals surface area contributed by atoms with E-state index in [4.69, 9.17) is 4.74 Å². The van der Waals surface area contributed by atoms with Crippen molar-refractivity contribution >= 4 is 11.9 Å². The summed E-state index contributed by atoms with van der Waals surface area (Å²) in [6.07, 6.45) is 0. The van der Waals surface area contributed by atoms with Crippen molar-refractivity contribution in [1.29, 1.82) is 0 Å². The first-order chi connectivity index (χ1) is 12.8. The van der Waals surface area contributed by atoms with Gasteiger partial charge in [-0.1, -0.05) is 0 Å². The summed E-state index contributed by atoms with van der Waals surface area (Å²) in [5.74, 6) is 2.43. The number of ether oxygens (including phenoxy) is 1. The number of H-pyrrole nitrogens is 1. The highest BCUT2D eigenvalue weighted by Gasteiger charge is 2.14. The number of hydrogen-bond acceptors (Lipinski definition) is 5. The van der Waals surface area contributed by atoms with Crippen LogP contribution < -0.4 is 20.7 Å². The quantitative estimate of drug-likeness (QED) is 0.444. The first-order valence-electron chi connectivity index (χ1n) is 8.62. The number of guanidine groups is 1. The number of methoxy groups -OCH3 is 1. The molecule has 0 radical (unpaired) electrons. The summed E-state index contributed by atoms with van der Waals surface area (Å²) in [7, 11) is 3.26. The van der Waals surface area contributed by atoms with E-state index in [-0.39, 0.29) is 18.0 Å². The highest BCUT2D eigenvalue weighted by molar-refractivity contribution is 5.86. The molecule has 0 aliphatic rings. The van der Waals surface area contributed by atoms with E-state index in [0.717, 1.165) is 11.3 Å². The average Bonchev–Trinajstić information content (AvgIpc) is 3.09. The van der Waals surface area contributed by atoms with Crippen LogP contribution in [0.1, 0.15) is 26.6 Å². The molecule has 0 bridgehead atoms. The zero-order valence-corrected chi connectivity index (χ0v) is 16.4. The third-order valence-corrected chi connectivity index (χ3v) is 3.46. The van der Waals surface area contributed by atoms with Crippen molar-refractivity contribution in [2.45, 2.75) is 32.9 Å². The molecule has 0 fully saturated rings. The average molecular weight is 373 g/mol. The van der Waals surface area contributed by atoms with Crippen molar-refractivity contribution < 1.29 is 9.53 Å². The zero-order chi connectivity index (χ0) is 19.9. The van der Waals surface area contributed by atoms with Crippen LogP contribution >= 0.6 is 0 Å². The smallest absolute Gasteiger partial charge is 0.239 e. The van der Waals surface area contributed by atoms with E-state index in [1.54, 1.807) is 14.2 Å². The summed E-state index contributed by atoms with van der Waals surface area (Å²) in [4.78, 5) is 20.4. The Morgan fingerprint density at radius 2 is 1.93 bits per heavy atom. The van der Waals surface area contributed by atoms with Crippen LogP contribution in [0, 0.1) is 0 Å². The molecule has 146 valence electrons. The second-order valence-corrected chi connectivity index (χ2v) is 6.91. The van der Waals surface area contributed by atoms with Crippen LogP contribution in [0.5, 0.6) is 5.75 Å². The molecule has 0 unspecified atom stereocenters. The predicted octanol–water partition coefficient (Wildman–Crippen LogP) is 1.06. The van der Waals surface area contributed by atoms with Gasteiger partial charge in [0.15, 0.2) is 11.8 Å². The van der Waals surface area contributed by atoms with Crippen LogP contribution in [0.3, 0.4) is 0 Å². The van der Waals surface area contributed by atoms with Crippen LogP contribution in [-0.4, -0.2) is 53.3 Å². The molecule has 9 nitrogen and oxygen atoms in total. The van der Waals surface area contributed by atoms with Gasteiger partial charge in [-0.2, -0.15) is 5.10 Å². The summed E-state index contributed by atoms with van der Waals surface area (Å²) in [6.45, 7) is 6.32. The van der Waals surface area contributed by atoms with E-state index in [9.17, 15) is 4.79 Å². The Morgan fingerprint density at radius 3 is 2.52 bits per heavy atom. The molecule has 9 heteroatoms. The van der Waals surface area contributed by atoms with Gasteiger partial charge >= 0.3 is 0 Å². The van der Waals surface area contributed by atoms with Crippen LogP contribution in [0.15, 0.2) is 29.3 Å². The standard InChI is InChI=1S/C18H27N7O2/c1-18(2,3)23-15(26)11-21-17(19-4)20-10-14-22-16(25-24-14)12-6-8-13(27-5)9-7-12/h6-9H,10-11H2,1-5H3,(H,23,26)(H2,19,20,21)(H,22,24,25). The second kappa shape index (κ2) is 9.02. The van der Waals surface area contributed by atoms with Crippen LogP contribution in [0.2, 0.25) is 0 Å². The van der Waals surface area contributed by atoms with Crippen molar-refractivity contribution in [2.75, 3.05) is 20.7 Å². The number of nitrogens with one attached hydrogen (secondary N) is 4. The lowest BCUT2D eigenvalue weighted by Crippen LogP contribution is -2.48. The summed E-state index contributed by atoms with van der Waals surface area (Å²) in [5, 5.41) is 16.0. The lowest BCUT2D eigenvalue weighted by Gasteiger charge is -2.21. The molecule has 1 aromatic heterocycles. The molecule has 4 N–H and O–H groups in total. The largest absolute Gasteiger partial charge is 0.497 e. The Balaban J connectivity index is 1.86. The predicted molar refractivity (Wildman–Crippen MR) is 104 cm³/mol. The number of aromatic amines is 1. The van der Waals surface area contributed by atoms with E-state index in [1.807, 2.05) is 45.0 Å². The molecule has 1 aromatic carbocycles. The van der Waals surface area contributed by atoms with Gasteiger partial charge in [0, 0.05) is 18.2 Å². The number of rotatable bonds is 6. The van der Waals surface area contributed by atoms with Gasteiger partial charge < -0.3 is 20.7 Å². The molecule has 0 aliphatic carbocycles. The maximum absolute atomic E-state index is 11.9. The molecule has 0 saturated heterocycles. The third kappa shape index (κ3) is 6.61. The van der Waals surface area contributed by atoms with Crippen molar-refractivity contribution in [2.24, 2.45) is 4.99 Å². The first kappa shape index (κ1) is 20.2. The van der Waals surface area contributed by atoms with Gasteiger partial charge in [-0.05, 0) is 45.0 Å². The Bertz CT molecular complexity index is 776. The molecule has 0 spiro atoms. The highest BCUT2D eigenvalue weighted by Crippen LogP contribution is 2.18. The number of aromatic nitrogens is 3. The lowest BCUT2D eigenvalue weighted by molar-refractivity contribution is -0.121. The number of aliphatic imine (C=N–C) groups is 1. The second-order valence-electron chi connectivity index (χ2n) is 6.91. The molecular formula is C18H27N7O2. The van der Waals surface area contributed by atoms with E-state index in [0.29, 0.717) is 24.2 Å². The van der Waals surface area contributed by atoms with E-state index < -0.39 is 0 Å². The molecule has 0 aliphatic heterocycles. The lowest BCUT2D eigenvalue weighted by atomic mass is 10.1. The molecule has 2 aromatic rings. The zero-order valence-electron chi connectivity index (χ0n) is 16.4. The Hall–Kier alpha value is -3.10. The highest BCUT2D eigenvalue weighted by atomic mass is 16.5. The van der Waals surface area contributed by atoms with E-state index >= 15 is 0 Å². The van der Waals surface area contributed by atoms with Gasteiger partial charge in [0.2, 0.25) is 5.91 Å². The van der Waals surface area contributed by atoms with Gasteiger partial charge in [0.05, 0.1) is 20.2 Å². The summed E-state index contributed by atoms with van der Waals surface area (Å²) < 4.78 is 5.15. The molecule has 0 atom stereocenters. The fourth-order valence-corrected chi connectivity index (χ4v) is 2.26. The Kier molecular flexibility index (Phi) is 6.75. The number of amides is 1. The van der Waals surface area contributed by atoms with Crippen LogP contribution in [0.4, 0.5) is 0 Å². The number of nitrogens with zero attached hydrogens (tertiary/aromatic N) is 3. The molecule has 1 heterocycles. The van der Waals surface area contributed by atoms with Crippen molar-refractivity contribution in [3.63, 3.8) is 0 Å². The fraction of sp³-hybridized carbons (Fsp3) is 0.444. The van der Waals surface area contributed by atoms with E-state index in [1.165, 1.54) is 0 Å². The summed E-state index contributed by atoms with van der Waals surface area (Å²) >= 11 is 0. The molecule has 0 saturated carbocycles. The molecular weight excluding hydrogens is 346 g/mol. The number of carbonyl (C=O) groups is 1. The fourth-order valence-electron chi connectivity index (χ4n) is 2.26. The summed E-state index contributed by atoms with van der Waals surface area (Å²) in [5.41, 5.74) is 0.618. The molecule has 27 heavy (non-hydrogen) atoms. The minimum atomic E-state index is -0.270. The van der Waals surface area contributed by atoms with Gasteiger partial charge in [0.1, 0.15) is 11.6 Å². The maximum Gasteiger partial charge on any atom is 0.239 e. The van der Waals surface area contributed by atoms with Crippen molar-refractivity contribution in [3.8, 4) is 17.1 Å². The minimum absolute atomic E-state index is 0.105. The van der Waals surface area contributed by atoms with Crippen LogP contribution in [-0.2, 0) is 11.3 Å². The molecule has 2 rings (SSSR count). The number of hydrogen-bond donors (Lipinski definition) is 4. The maximum atomic E-state index is 11.9. The van der Waals surface area contributed by atoms with E-state index in [2.05, 4.69) is 36.1 Å². The van der Waals surface area contributed by atoms with Gasteiger partial charge in [-0.25, -0.2) is 4.98 Å². The normalized spacial score (nSPS) is 11.8. The van der Waals surface area contributed by atoms with Gasteiger partial charge in [0.25, 0.3) is 0 Å². The Morgan fingerprint density at radius 1 is 1.22 bits per heavy atom. The SMILES string of the molecule is CN=C(NCC(=O)NC(C)(C)C)NCc1nc(-c2ccc(OC)cc2)n[nH]1. The third-order valence-electron chi connectivity index (χ3n) is 3.46. The van der Waals surface area contributed by atoms with Crippen molar-refractivity contribution in [3.05, 3.63) is 30.1 Å².